The molecule has 204 valence electrons. The third-order valence-electron chi connectivity index (χ3n) is 6.78. The van der Waals surface area contributed by atoms with Crippen molar-refractivity contribution in [1.82, 2.24) is 39.5 Å². The van der Waals surface area contributed by atoms with Gasteiger partial charge in [0.15, 0.2) is 17.3 Å². The maximum atomic E-state index is 6.21. The zero-order valence-corrected chi connectivity index (χ0v) is 22.7. The van der Waals surface area contributed by atoms with E-state index in [1.165, 1.54) is 11.0 Å². The number of nitrogens with one attached hydrogen (secondary N) is 1. The number of anilines is 3. The zero-order valence-electron chi connectivity index (χ0n) is 22.7. The molecule has 0 unspecified atom stereocenters. The van der Waals surface area contributed by atoms with Crippen LogP contribution in [0.1, 0.15) is 19.5 Å². The first-order valence-corrected chi connectivity index (χ1v) is 12.9. The van der Waals surface area contributed by atoms with Gasteiger partial charge in [-0.3, -0.25) is 14.8 Å². The number of hydrogen-bond donors (Lipinski definition) is 2. The number of benzene rings is 1. The molecule has 0 aliphatic carbocycles. The summed E-state index contributed by atoms with van der Waals surface area (Å²) in [7, 11) is 3.15. The predicted octanol–water partition coefficient (Wildman–Crippen LogP) is 2.99. The lowest BCUT2D eigenvalue weighted by Gasteiger charge is -2.36. The van der Waals surface area contributed by atoms with Crippen molar-refractivity contribution in [2.75, 3.05) is 58.0 Å². The van der Waals surface area contributed by atoms with Crippen LogP contribution in [0.2, 0.25) is 0 Å². The van der Waals surface area contributed by atoms with Gasteiger partial charge in [0.1, 0.15) is 6.33 Å². The average Bonchev–Trinajstić information content (AvgIpc) is 3.32. The largest absolute Gasteiger partial charge is 0.493 e. The second-order valence-electron chi connectivity index (χ2n) is 9.56. The standard InChI is InChI=1S/C27H34N10O2/c1-18(2)36-12-10-35(11-13-36)9-5-6-19-7-8-20(16-29-19)32-27-33-26(28)37(34-27)25-21-14-23(38-3)24(39-4)15-22(21)30-17-31-25/h5-8,14-18H,9-13H2,1-4H3,(H3,28,32,33,34). The van der Waals surface area contributed by atoms with Crippen molar-refractivity contribution in [3.8, 4) is 17.3 Å². The van der Waals surface area contributed by atoms with Gasteiger partial charge in [0, 0.05) is 50.2 Å². The number of nitrogens with two attached hydrogens (primary N) is 1. The van der Waals surface area contributed by atoms with Crippen LogP contribution in [-0.2, 0) is 0 Å². The molecule has 4 aromatic rings. The van der Waals surface area contributed by atoms with Gasteiger partial charge in [-0.2, -0.15) is 9.67 Å². The van der Waals surface area contributed by atoms with Crippen molar-refractivity contribution in [3.05, 3.63) is 48.6 Å². The molecule has 3 aromatic heterocycles. The summed E-state index contributed by atoms with van der Waals surface area (Å²) in [5.41, 5.74) is 8.50. The van der Waals surface area contributed by atoms with Gasteiger partial charge in [-0.15, -0.1) is 5.10 Å². The fourth-order valence-electron chi connectivity index (χ4n) is 4.56. The Morgan fingerprint density at radius 3 is 2.49 bits per heavy atom. The molecule has 1 aliphatic rings. The summed E-state index contributed by atoms with van der Waals surface area (Å²) >= 11 is 0. The second-order valence-corrected chi connectivity index (χ2v) is 9.56. The van der Waals surface area contributed by atoms with Gasteiger partial charge in [-0.25, -0.2) is 9.97 Å². The first-order chi connectivity index (χ1) is 18.9. The molecule has 5 rings (SSSR count). The van der Waals surface area contributed by atoms with Crippen LogP contribution in [0.15, 0.2) is 42.9 Å². The predicted molar refractivity (Wildman–Crippen MR) is 152 cm³/mol. The Kier molecular flexibility index (Phi) is 7.84. The Labute approximate surface area is 227 Å². The molecule has 0 amide bonds. The van der Waals surface area contributed by atoms with Crippen LogP contribution < -0.4 is 20.5 Å². The van der Waals surface area contributed by atoms with Gasteiger partial charge < -0.3 is 20.5 Å². The maximum absolute atomic E-state index is 6.21. The highest BCUT2D eigenvalue weighted by molar-refractivity contribution is 5.88. The summed E-state index contributed by atoms with van der Waals surface area (Å²) in [6.07, 6.45) is 7.41. The molecule has 0 radical (unpaired) electrons. The van der Waals surface area contributed by atoms with Crippen LogP contribution in [0.25, 0.3) is 22.8 Å². The number of piperazine rings is 1. The maximum Gasteiger partial charge on any atom is 0.248 e. The molecule has 0 atom stereocenters. The van der Waals surface area contributed by atoms with Crippen molar-refractivity contribution in [2.24, 2.45) is 0 Å². The highest BCUT2D eigenvalue weighted by Gasteiger charge is 2.18. The lowest BCUT2D eigenvalue weighted by Crippen LogP contribution is -2.48. The summed E-state index contributed by atoms with van der Waals surface area (Å²) in [6.45, 7) is 9.86. The minimum absolute atomic E-state index is 0.175. The number of aromatic nitrogens is 6. The Morgan fingerprint density at radius 2 is 1.79 bits per heavy atom. The molecule has 0 spiro atoms. The van der Waals surface area contributed by atoms with Gasteiger partial charge >= 0.3 is 0 Å². The summed E-state index contributed by atoms with van der Waals surface area (Å²) in [6, 6.07) is 8.07. The third kappa shape index (κ3) is 5.91. The van der Waals surface area contributed by atoms with Crippen LogP contribution in [0.3, 0.4) is 0 Å². The van der Waals surface area contributed by atoms with Crippen molar-refractivity contribution in [1.29, 1.82) is 0 Å². The van der Waals surface area contributed by atoms with Crippen molar-refractivity contribution < 1.29 is 9.47 Å². The van der Waals surface area contributed by atoms with Crippen molar-refractivity contribution >= 4 is 34.6 Å². The smallest absolute Gasteiger partial charge is 0.248 e. The number of nitrogens with zero attached hydrogens (tertiary/aromatic N) is 8. The zero-order chi connectivity index (χ0) is 27.4. The molecule has 3 N–H and O–H groups in total. The molecule has 0 bridgehead atoms. The molecule has 39 heavy (non-hydrogen) atoms. The van der Waals surface area contributed by atoms with E-state index in [1.807, 2.05) is 18.2 Å². The Morgan fingerprint density at radius 1 is 1.03 bits per heavy atom. The average molecular weight is 531 g/mol. The van der Waals surface area contributed by atoms with Crippen molar-refractivity contribution in [3.63, 3.8) is 0 Å². The molecule has 1 saturated heterocycles. The van der Waals surface area contributed by atoms with Gasteiger partial charge in [-0.05, 0) is 38.1 Å². The monoisotopic (exact) mass is 530 g/mol. The fraction of sp³-hybridized carbons (Fsp3) is 0.370. The molecule has 1 fully saturated rings. The molecular weight excluding hydrogens is 496 g/mol. The summed E-state index contributed by atoms with van der Waals surface area (Å²) in [4.78, 5) is 22.6. The fourth-order valence-corrected chi connectivity index (χ4v) is 4.56. The normalized spacial score (nSPS) is 14.9. The van der Waals surface area contributed by atoms with Crippen LogP contribution in [0.5, 0.6) is 11.5 Å². The third-order valence-corrected chi connectivity index (χ3v) is 6.78. The number of pyridine rings is 1. The van der Waals surface area contributed by atoms with E-state index >= 15 is 0 Å². The van der Waals surface area contributed by atoms with Crippen LogP contribution in [-0.4, -0.2) is 92.5 Å². The van der Waals surface area contributed by atoms with Crippen molar-refractivity contribution in [2.45, 2.75) is 19.9 Å². The number of hydrogen-bond acceptors (Lipinski definition) is 11. The Balaban J connectivity index is 1.25. The number of rotatable bonds is 9. The van der Waals surface area contributed by atoms with Crippen LogP contribution in [0.4, 0.5) is 17.6 Å². The van der Waals surface area contributed by atoms with E-state index in [0.29, 0.717) is 40.2 Å². The highest BCUT2D eigenvalue weighted by atomic mass is 16.5. The number of fused-ring (bicyclic) bond motifs is 1. The molecule has 1 aliphatic heterocycles. The second kappa shape index (κ2) is 11.6. The van der Waals surface area contributed by atoms with Crippen LogP contribution in [0, 0.1) is 0 Å². The SMILES string of the molecule is COc1cc2ncnc(-n3nc(Nc4ccc(C=CCN5CCN(C(C)C)CC5)nc4)nc3N)c2cc1OC. The molecule has 12 heteroatoms. The molecule has 4 heterocycles. The lowest BCUT2D eigenvalue weighted by molar-refractivity contribution is 0.117. The first-order valence-electron chi connectivity index (χ1n) is 12.9. The van der Waals surface area contributed by atoms with E-state index in [4.69, 9.17) is 15.2 Å². The van der Waals surface area contributed by atoms with E-state index < -0.39 is 0 Å². The lowest BCUT2D eigenvalue weighted by atomic mass is 10.2. The molecule has 0 saturated carbocycles. The Bertz CT molecular complexity index is 1440. The quantitative estimate of drug-likeness (QED) is 0.331. The van der Waals surface area contributed by atoms with Gasteiger partial charge in [-0.1, -0.05) is 6.08 Å². The summed E-state index contributed by atoms with van der Waals surface area (Å²) in [5, 5.41) is 8.37. The molecule has 12 nitrogen and oxygen atoms in total. The van der Waals surface area contributed by atoms with E-state index in [0.717, 1.165) is 44.1 Å². The number of methoxy groups -OCH3 is 2. The van der Waals surface area contributed by atoms with E-state index in [1.54, 1.807) is 32.5 Å². The molecular formula is C27H34N10O2. The number of ether oxygens (including phenoxy) is 2. The summed E-state index contributed by atoms with van der Waals surface area (Å²) in [5.74, 6) is 2.09. The van der Waals surface area contributed by atoms with E-state index in [2.05, 4.69) is 60.1 Å². The molecule has 1 aromatic carbocycles. The Hall–Kier alpha value is -4.29. The van der Waals surface area contributed by atoms with Crippen LogP contribution >= 0.6 is 0 Å². The van der Waals surface area contributed by atoms with E-state index in [9.17, 15) is 0 Å². The van der Waals surface area contributed by atoms with Gasteiger partial charge in [0.25, 0.3) is 0 Å². The number of nitrogen functional groups attached to an aromatic ring is 1. The van der Waals surface area contributed by atoms with Gasteiger partial charge in [0.05, 0.1) is 37.3 Å². The minimum atomic E-state index is 0.175. The van der Waals surface area contributed by atoms with Gasteiger partial charge in [0.2, 0.25) is 11.9 Å². The summed E-state index contributed by atoms with van der Waals surface area (Å²) < 4.78 is 12.3. The minimum Gasteiger partial charge on any atom is -0.493 e. The topological polar surface area (TPSA) is 132 Å². The first kappa shape index (κ1) is 26.3. The highest BCUT2D eigenvalue weighted by Crippen LogP contribution is 2.33. The van der Waals surface area contributed by atoms with E-state index in [-0.39, 0.29) is 5.95 Å².